The first kappa shape index (κ1) is 8.25. The minimum Gasteiger partial charge on any atom is -0.383 e. The molecule has 0 aromatic carbocycles. The molecule has 4 nitrogen and oxygen atoms in total. The predicted molar refractivity (Wildman–Crippen MR) is 53.5 cm³/mol. The van der Waals surface area contributed by atoms with Crippen molar-refractivity contribution in [1.29, 1.82) is 0 Å². The van der Waals surface area contributed by atoms with Crippen LogP contribution in [0.1, 0.15) is 5.69 Å². The van der Waals surface area contributed by atoms with Crippen LogP contribution in [0.5, 0.6) is 0 Å². The molecular weight excluding hydrogens is 184 g/mol. The Morgan fingerprint density at radius 3 is 2.77 bits per heavy atom. The molecule has 2 aromatic heterocycles. The molecule has 13 heavy (non-hydrogen) atoms. The van der Waals surface area contributed by atoms with Crippen LogP contribution in [0.2, 0.25) is 0 Å². The van der Waals surface area contributed by atoms with Crippen LogP contribution < -0.4 is 5.73 Å². The third-order valence-corrected chi connectivity index (χ3v) is 2.71. The van der Waals surface area contributed by atoms with Gasteiger partial charge in [0, 0.05) is 13.2 Å². The van der Waals surface area contributed by atoms with Crippen LogP contribution in [0.4, 0.5) is 5.82 Å². The second kappa shape index (κ2) is 2.85. The number of anilines is 1. The molecule has 5 heteroatoms. The van der Waals surface area contributed by atoms with Crippen molar-refractivity contribution in [2.75, 3.05) is 5.73 Å². The monoisotopic (exact) mass is 194 g/mol. The molecule has 0 bridgehead atoms. The molecule has 0 aliphatic carbocycles. The van der Waals surface area contributed by atoms with Gasteiger partial charge in [-0.2, -0.15) is 5.10 Å². The molecule has 0 saturated carbocycles. The number of hydrogen-bond donors (Lipinski definition) is 1. The fraction of sp³-hybridized carbons (Fsp3) is 0.250. The third-order valence-electron chi connectivity index (χ3n) is 1.95. The number of rotatable bonds is 1. The first-order valence-corrected chi connectivity index (χ1v) is 4.67. The summed E-state index contributed by atoms with van der Waals surface area (Å²) in [4.78, 5) is 1.07. The second-order valence-electron chi connectivity index (χ2n) is 2.85. The molecule has 68 valence electrons. The molecule has 0 fully saturated rings. The number of aryl methyl sites for hydroxylation is 2. The van der Waals surface area contributed by atoms with Crippen molar-refractivity contribution in [2.24, 2.45) is 7.05 Å². The molecule has 2 aromatic rings. The van der Waals surface area contributed by atoms with E-state index in [0.717, 1.165) is 16.1 Å². The van der Waals surface area contributed by atoms with E-state index in [0.29, 0.717) is 5.82 Å². The van der Waals surface area contributed by atoms with E-state index >= 15 is 0 Å². The molecule has 0 amide bonds. The molecular formula is C8H10N4S. The quantitative estimate of drug-likeness (QED) is 0.747. The number of aromatic nitrogens is 3. The molecule has 0 aliphatic rings. The van der Waals surface area contributed by atoms with Gasteiger partial charge in [0.2, 0.25) is 0 Å². The van der Waals surface area contributed by atoms with Crippen molar-refractivity contribution >= 4 is 17.4 Å². The lowest BCUT2D eigenvalue weighted by molar-refractivity contribution is 0.767. The Kier molecular flexibility index (Phi) is 1.81. The van der Waals surface area contributed by atoms with Gasteiger partial charge in [0.15, 0.2) is 0 Å². The van der Waals surface area contributed by atoms with Crippen LogP contribution in [-0.4, -0.2) is 14.2 Å². The molecule has 0 aliphatic heterocycles. The Labute approximate surface area is 80.2 Å². The minimum atomic E-state index is 0.696. The zero-order chi connectivity index (χ0) is 9.42. The Bertz CT molecular complexity index is 416. The standard InChI is InChI=1S/C8H10N4S/c1-5-7(6-3-4-10-13-6)8(9)12(2)11-5/h3-4H,9H2,1-2H3. The van der Waals surface area contributed by atoms with Gasteiger partial charge in [-0.25, -0.2) is 4.37 Å². The van der Waals surface area contributed by atoms with Gasteiger partial charge in [0.1, 0.15) is 5.82 Å². The van der Waals surface area contributed by atoms with Gasteiger partial charge in [0.05, 0.1) is 16.1 Å². The largest absolute Gasteiger partial charge is 0.383 e. The first-order valence-electron chi connectivity index (χ1n) is 3.90. The lowest BCUT2D eigenvalue weighted by Crippen LogP contribution is -1.97. The molecule has 2 rings (SSSR count). The molecule has 0 radical (unpaired) electrons. The van der Waals surface area contributed by atoms with Gasteiger partial charge >= 0.3 is 0 Å². The van der Waals surface area contributed by atoms with Crippen LogP contribution in [-0.2, 0) is 7.05 Å². The van der Waals surface area contributed by atoms with Gasteiger partial charge in [-0.3, -0.25) is 4.68 Å². The van der Waals surface area contributed by atoms with Crippen LogP contribution in [0.3, 0.4) is 0 Å². The summed E-state index contributed by atoms with van der Waals surface area (Å²) >= 11 is 1.43. The normalized spacial score (nSPS) is 10.6. The van der Waals surface area contributed by atoms with E-state index in [9.17, 15) is 0 Å². The molecule has 0 unspecified atom stereocenters. The highest BCUT2D eigenvalue weighted by atomic mass is 32.1. The molecule has 2 heterocycles. The van der Waals surface area contributed by atoms with Crippen LogP contribution in [0.25, 0.3) is 10.4 Å². The summed E-state index contributed by atoms with van der Waals surface area (Å²) in [7, 11) is 1.84. The molecule has 0 atom stereocenters. The van der Waals surface area contributed by atoms with E-state index in [1.807, 2.05) is 20.0 Å². The summed E-state index contributed by atoms with van der Waals surface area (Å²) in [6.45, 7) is 1.95. The average molecular weight is 194 g/mol. The van der Waals surface area contributed by atoms with Crippen molar-refractivity contribution in [2.45, 2.75) is 6.92 Å². The lowest BCUT2D eigenvalue weighted by Gasteiger charge is -1.95. The predicted octanol–water partition coefficient (Wildman–Crippen LogP) is 1.43. The minimum absolute atomic E-state index is 0.696. The summed E-state index contributed by atoms with van der Waals surface area (Å²) in [5, 5.41) is 4.24. The maximum Gasteiger partial charge on any atom is 0.130 e. The van der Waals surface area contributed by atoms with Crippen molar-refractivity contribution < 1.29 is 0 Å². The Hall–Kier alpha value is -1.36. The van der Waals surface area contributed by atoms with Crippen LogP contribution in [0, 0.1) is 6.92 Å². The third kappa shape index (κ3) is 1.21. The number of nitrogen functional groups attached to an aromatic ring is 1. The summed E-state index contributed by atoms with van der Waals surface area (Å²) in [5.74, 6) is 0.696. The molecule has 2 N–H and O–H groups in total. The summed E-state index contributed by atoms with van der Waals surface area (Å²) in [6.07, 6.45) is 1.77. The maximum absolute atomic E-state index is 5.87. The van der Waals surface area contributed by atoms with Crippen molar-refractivity contribution in [3.63, 3.8) is 0 Å². The summed E-state index contributed by atoms with van der Waals surface area (Å²) in [5.41, 5.74) is 7.83. The Morgan fingerprint density at radius 2 is 2.31 bits per heavy atom. The van der Waals surface area contributed by atoms with Gasteiger partial charge < -0.3 is 5.73 Å². The van der Waals surface area contributed by atoms with Crippen molar-refractivity contribution in [3.8, 4) is 10.4 Å². The molecule has 0 spiro atoms. The van der Waals surface area contributed by atoms with E-state index in [1.54, 1.807) is 10.9 Å². The first-order chi connectivity index (χ1) is 6.20. The average Bonchev–Trinajstić information content (AvgIpc) is 2.63. The highest BCUT2D eigenvalue weighted by Gasteiger charge is 2.13. The summed E-state index contributed by atoms with van der Waals surface area (Å²) < 4.78 is 5.72. The van der Waals surface area contributed by atoms with Crippen LogP contribution >= 0.6 is 11.5 Å². The van der Waals surface area contributed by atoms with E-state index < -0.39 is 0 Å². The van der Waals surface area contributed by atoms with Crippen molar-refractivity contribution in [1.82, 2.24) is 14.2 Å². The highest BCUT2D eigenvalue weighted by molar-refractivity contribution is 7.09. The zero-order valence-corrected chi connectivity index (χ0v) is 8.30. The van der Waals surface area contributed by atoms with Crippen LogP contribution in [0.15, 0.2) is 12.3 Å². The summed E-state index contributed by atoms with van der Waals surface area (Å²) in [6, 6.07) is 1.95. The highest BCUT2D eigenvalue weighted by Crippen LogP contribution is 2.30. The second-order valence-corrected chi connectivity index (χ2v) is 3.68. The number of nitrogens with two attached hydrogens (primary N) is 1. The van der Waals surface area contributed by atoms with E-state index in [-0.39, 0.29) is 0 Å². The van der Waals surface area contributed by atoms with Gasteiger partial charge in [-0.15, -0.1) is 0 Å². The lowest BCUT2D eigenvalue weighted by atomic mass is 10.2. The Morgan fingerprint density at radius 1 is 1.54 bits per heavy atom. The van der Waals surface area contributed by atoms with E-state index in [4.69, 9.17) is 5.73 Å². The van der Waals surface area contributed by atoms with Gasteiger partial charge in [0.25, 0.3) is 0 Å². The van der Waals surface area contributed by atoms with E-state index in [2.05, 4.69) is 9.47 Å². The van der Waals surface area contributed by atoms with E-state index in [1.165, 1.54) is 11.5 Å². The fourth-order valence-electron chi connectivity index (χ4n) is 1.33. The SMILES string of the molecule is Cc1nn(C)c(N)c1-c1ccns1. The topological polar surface area (TPSA) is 56.7 Å². The zero-order valence-electron chi connectivity index (χ0n) is 7.48. The Balaban J connectivity index is 2.64. The fourth-order valence-corrected chi connectivity index (χ4v) is 2.03. The smallest absolute Gasteiger partial charge is 0.130 e. The van der Waals surface area contributed by atoms with Gasteiger partial charge in [-0.05, 0) is 24.5 Å². The molecule has 0 saturated heterocycles. The maximum atomic E-state index is 5.87. The van der Waals surface area contributed by atoms with Crippen molar-refractivity contribution in [3.05, 3.63) is 18.0 Å². The number of nitrogens with zero attached hydrogens (tertiary/aromatic N) is 3. The number of hydrogen-bond acceptors (Lipinski definition) is 4. The van der Waals surface area contributed by atoms with Gasteiger partial charge in [-0.1, -0.05) is 0 Å².